The third-order valence-electron chi connectivity index (χ3n) is 4.57. The standard InChI is InChI=1S/C27H26N2O2/c1-27(2,3)31-26(30)24(18-20-14-16-21(19-28)17-15-20)29-25(22-10-6-4-7-11-22)23-12-8-5-9-13-23/h4-17,24H,18H2,1-3H3. The lowest BCUT2D eigenvalue weighted by molar-refractivity contribution is -0.156. The second kappa shape index (κ2) is 9.86. The zero-order valence-electron chi connectivity index (χ0n) is 18.1. The molecule has 156 valence electrons. The number of nitrogens with zero attached hydrogens (tertiary/aromatic N) is 2. The monoisotopic (exact) mass is 410 g/mol. The fourth-order valence-electron chi connectivity index (χ4n) is 3.15. The smallest absolute Gasteiger partial charge is 0.331 e. The van der Waals surface area contributed by atoms with Gasteiger partial charge in [-0.2, -0.15) is 5.26 Å². The molecule has 3 aromatic carbocycles. The zero-order valence-corrected chi connectivity index (χ0v) is 18.1. The van der Waals surface area contributed by atoms with Crippen molar-refractivity contribution < 1.29 is 9.53 Å². The molecule has 0 spiro atoms. The first-order chi connectivity index (χ1) is 14.9. The molecule has 4 nitrogen and oxygen atoms in total. The molecule has 0 saturated carbocycles. The van der Waals surface area contributed by atoms with Crippen LogP contribution in [0.25, 0.3) is 0 Å². The highest BCUT2D eigenvalue weighted by molar-refractivity contribution is 6.13. The summed E-state index contributed by atoms with van der Waals surface area (Å²) in [6, 6.07) is 28.3. The van der Waals surface area contributed by atoms with Crippen molar-refractivity contribution in [1.82, 2.24) is 0 Å². The maximum Gasteiger partial charge on any atom is 0.331 e. The van der Waals surface area contributed by atoms with Crippen LogP contribution in [0.15, 0.2) is 89.9 Å². The van der Waals surface area contributed by atoms with Gasteiger partial charge in [0.15, 0.2) is 6.04 Å². The Kier molecular flexibility index (Phi) is 6.99. The Morgan fingerprint density at radius 2 is 1.42 bits per heavy atom. The Bertz CT molecular complexity index is 1030. The lowest BCUT2D eigenvalue weighted by atomic mass is 10.00. The van der Waals surface area contributed by atoms with Crippen LogP contribution in [0, 0.1) is 11.3 Å². The normalized spacial score (nSPS) is 11.8. The number of benzene rings is 3. The fourth-order valence-corrected chi connectivity index (χ4v) is 3.15. The molecule has 0 N–H and O–H groups in total. The van der Waals surface area contributed by atoms with Gasteiger partial charge in [0.25, 0.3) is 0 Å². The highest BCUT2D eigenvalue weighted by Crippen LogP contribution is 2.18. The van der Waals surface area contributed by atoms with Crippen molar-refractivity contribution in [2.24, 2.45) is 4.99 Å². The molecule has 0 aliphatic heterocycles. The summed E-state index contributed by atoms with van der Waals surface area (Å²) in [5.74, 6) is -0.374. The van der Waals surface area contributed by atoms with Crippen molar-refractivity contribution in [1.29, 1.82) is 5.26 Å². The van der Waals surface area contributed by atoms with Crippen LogP contribution in [0.1, 0.15) is 43.0 Å². The maximum atomic E-state index is 13.1. The maximum absolute atomic E-state index is 13.1. The minimum atomic E-state index is -0.720. The second-order valence-corrected chi connectivity index (χ2v) is 8.27. The molecule has 0 fully saturated rings. The number of carbonyl (C=O) groups is 1. The highest BCUT2D eigenvalue weighted by atomic mass is 16.6. The number of esters is 1. The van der Waals surface area contributed by atoms with E-state index in [9.17, 15) is 4.79 Å². The van der Waals surface area contributed by atoms with Crippen LogP contribution in [-0.4, -0.2) is 23.3 Å². The quantitative estimate of drug-likeness (QED) is 0.407. The summed E-state index contributed by atoms with van der Waals surface area (Å²) in [6.45, 7) is 5.55. The summed E-state index contributed by atoms with van der Waals surface area (Å²) < 4.78 is 5.69. The molecule has 4 heteroatoms. The third kappa shape index (κ3) is 6.38. The van der Waals surface area contributed by atoms with Gasteiger partial charge in [-0.05, 0) is 38.5 Å². The second-order valence-electron chi connectivity index (χ2n) is 8.27. The summed E-state index contributed by atoms with van der Waals surface area (Å²) in [6.07, 6.45) is 0.379. The Labute approximate surface area is 183 Å². The molecule has 0 amide bonds. The Hall–Kier alpha value is -3.71. The Morgan fingerprint density at radius 1 is 0.903 bits per heavy atom. The van der Waals surface area contributed by atoms with E-state index in [1.807, 2.05) is 93.6 Å². The van der Waals surface area contributed by atoms with Gasteiger partial charge in [-0.1, -0.05) is 72.8 Å². The predicted octanol–water partition coefficient (Wildman–Crippen LogP) is 5.35. The van der Waals surface area contributed by atoms with Crippen molar-refractivity contribution >= 4 is 11.7 Å². The minimum Gasteiger partial charge on any atom is -0.458 e. The number of ether oxygens (including phenoxy) is 1. The van der Waals surface area contributed by atoms with Gasteiger partial charge in [-0.25, -0.2) is 4.79 Å². The number of hydrogen-bond donors (Lipinski definition) is 0. The summed E-state index contributed by atoms with van der Waals surface area (Å²) in [5, 5.41) is 9.05. The first-order valence-electron chi connectivity index (χ1n) is 10.3. The summed E-state index contributed by atoms with van der Waals surface area (Å²) in [4.78, 5) is 18.0. The average Bonchev–Trinajstić information content (AvgIpc) is 2.77. The minimum absolute atomic E-state index is 0.374. The molecule has 0 aliphatic rings. The van der Waals surface area contributed by atoms with Crippen LogP contribution >= 0.6 is 0 Å². The van der Waals surface area contributed by atoms with Crippen LogP contribution in [0.5, 0.6) is 0 Å². The summed E-state index contributed by atoms with van der Waals surface area (Å²) in [5.41, 5.74) is 3.49. The first-order valence-corrected chi connectivity index (χ1v) is 10.3. The molecule has 1 atom stereocenters. The van der Waals surface area contributed by atoms with Crippen molar-refractivity contribution in [3.8, 4) is 6.07 Å². The number of rotatable bonds is 6. The van der Waals surface area contributed by atoms with Crippen LogP contribution in [0.3, 0.4) is 0 Å². The molecule has 0 heterocycles. The molecule has 0 radical (unpaired) electrons. The number of nitriles is 1. The highest BCUT2D eigenvalue weighted by Gasteiger charge is 2.26. The zero-order chi connectivity index (χ0) is 22.3. The van der Waals surface area contributed by atoms with Gasteiger partial charge in [-0.3, -0.25) is 4.99 Å². The van der Waals surface area contributed by atoms with E-state index < -0.39 is 11.6 Å². The lowest BCUT2D eigenvalue weighted by Gasteiger charge is -2.23. The van der Waals surface area contributed by atoms with E-state index in [0.717, 1.165) is 22.4 Å². The van der Waals surface area contributed by atoms with Crippen LogP contribution in [0.2, 0.25) is 0 Å². The molecule has 0 aromatic heterocycles. The van der Waals surface area contributed by atoms with Crippen molar-refractivity contribution in [2.75, 3.05) is 0 Å². The molecular weight excluding hydrogens is 384 g/mol. The SMILES string of the molecule is CC(C)(C)OC(=O)C(Cc1ccc(C#N)cc1)N=C(c1ccccc1)c1ccccc1. The van der Waals surface area contributed by atoms with Crippen molar-refractivity contribution in [3.05, 3.63) is 107 Å². The van der Waals surface area contributed by atoms with E-state index in [1.165, 1.54) is 0 Å². The molecule has 31 heavy (non-hydrogen) atoms. The largest absolute Gasteiger partial charge is 0.458 e. The number of carbonyl (C=O) groups excluding carboxylic acids is 1. The van der Waals surface area contributed by atoms with E-state index in [4.69, 9.17) is 15.0 Å². The number of aliphatic imine (C=N–C) groups is 1. The topological polar surface area (TPSA) is 62.5 Å². The molecule has 3 rings (SSSR count). The van der Waals surface area contributed by atoms with Crippen LogP contribution in [0.4, 0.5) is 0 Å². The molecular formula is C27H26N2O2. The van der Waals surface area contributed by atoms with Gasteiger partial charge in [0.05, 0.1) is 17.3 Å². The molecule has 0 saturated heterocycles. The summed E-state index contributed by atoms with van der Waals surface area (Å²) >= 11 is 0. The van der Waals surface area contributed by atoms with Crippen molar-refractivity contribution in [3.63, 3.8) is 0 Å². The van der Waals surface area contributed by atoms with E-state index in [0.29, 0.717) is 12.0 Å². The third-order valence-corrected chi connectivity index (χ3v) is 4.57. The van der Waals surface area contributed by atoms with E-state index >= 15 is 0 Å². The van der Waals surface area contributed by atoms with Gasteiger partial charge < -0.3 is 4.74 Å². The molecule has 3 aromatic rings. The van der Waals surface area contributed by atoms with Gasteiger partial charge in [0, 0.05) is 17.5 Å². The molecule has 1 unspecified atom stereocenters. The van der Waals surface area contributed by atoms with Gasteiger partial charge >= 0.3 is 5.97 Å². The Balaban J connectivity index is 2.05. The number of hydrogen-bond acceptors (Lipinski definition) is 4. The summed E-state index contributed by atoms with van der Waals surface area (Å²) in [7, 11) is 0. The average molecular weight is 411 g/mol. The van der Waals surface area contributed by atoms with E-state index in [2.05, 4.69) is 6.07 Å². The van der Waals surface area contributed by atoms with Crippen LogP contribution < -0.4 is 0 Å². The molecule has 0 bridgehead atoms. The lowest BCUT2D eigenvalue weighted by Crippen LogP contribution is -2.33. The van der Waals surface area contributed by atoms with Gasteiger partial charge in [0.2, 0.25) is 0 Å². The van der Waals surface area contributed by atoms with E-state index in [-0.39, 0.29) is 5.97 Å². The first kappa shape index (κ1) is 22.0. The van der Waals surface area contributed by atoms with Crippen LogP contribution in [-0.2, 0) is 16.0 Å². The molecule has 0 aliphatic carbocycles. The Morgan fingerprint density at radius 3 is 1.87 bits per heavy atom. The van der Waals surface area contributed by atoms with E-state index in [1.54, 1.807) is 12.1 Å². The predicted molar refractivity (Wildman–Crippen MR) is 123 cm³/mol. The van der Waals surface area contributed by atoms with Crippen molar-refractivity contribution in [2.45, 2.75) is 38.8 Å². The fraction of sp³-hybridized carbons (Fsp3) is 0.222. The van der Waals surface area contributed by atoms with Gasteiger partial charge in [-0.15, -0.1) is 0 Å². The van der Waals surface area contributed by atoms with Gasteiger partial charge in [0.1, 0.15) is 5.60 Å².